The first-order valence-electron chi connectivity index (χ1n) is 7.02. The van der Waals surface area contributed by atoms with E-state index in [0.717, 1.165) is 5.69 Å². The van der Waals surface area contributed by atoms with Crippen LogP contribution in [0.15, 0.2) is 24.3 Å². The zero-order chi connectivity index (χ0) is 15.0. The lowest BCUT2D eigenvalue weighted by molar-refractivity contribution is -0.119. The molecule has 0 aliphatic carbocycles. The number of hydrogen-bond donors (Lipinski definition) is 2. The second-order valence-corrected chi connectivity index (χ2v) is 4.37. The molecule has 0 unspecified atom stereocenters. The van der Waals surface area contributed by atoms with E-state index in [9.17, 15) is 9.59 Å². The van der Waals surface area contributed by atoms with Gasteiger partial charge >= 0.3 is 0 Å². The fourth-order valence-electron chi connectivity index (χ4n) is 1.90. The molecule has 1 aromatic carbocycles. The molecule has 2 amide bonds. The van der Waals surface area contributed by atoms with Gasteiger partial charge in [0.25, 0.3) is 5.91 Å². The van der Waals surface area contributed by atoms with Crippen molar-refractivity contribution in [2.45, 2.75) is 20.8 Å². The fraction of sp³-hybridized carbons (Fsp3) is 0.467. The molecule has 1 aromatic rings. The number of amides is 2. The van der Waals surface area contributed by atoms with Crippen LogP contribution in [-0.2, 0) is 4.79 Å². The Balaban J connectivity index is 2.70. The number of anilines is 1. The molecule has 110 valence electrons. The number of benzene rings is 1. The van der Waals surface area contributed by atoms with Crippen LogP contribution in [0.5, 0.6) is 0 Å². The van der Waals surface area contributed by atoms with E-state index < -0.39 is 0 Å². The highest BCUT2D eigenvalue weighted by atomic mass is 16.2. The van der Waals surface area contributed by atoms with Crippen molar-refractivity contribution < 1.29 is 9.59 Å². The molecule has 0 aliphatic rings. The SMILES string of the molecule is CCNC(=O)CNc1cccc(C(=O)N(CC)CC)c1. The summed E-state index contributed by atoms with van der Waals surface area (Å²) in [5, 5.41) is 5.73. The standard InChI is InChI=1S/C15H23N3O2/c1-4-16-14(19)11-17-13-9-7-8-12(10-13)15(20)18(5-2)6-3/h7-10,17H,4-6,11H2,1-3H3,(H,16,19). The maximum absolute atomic E-state index is 12.2. The summed E-state index contributed by atoms with van der Waals surface area (Å²) in [4.78, 5) is 25.4. The quantitative estimate of drug-likeness (QED) is 0.797. The monoisotopic (exact) mass is 277 g/mol. The molecule has 5 heteroatoms. The third kappa shape index (κ3) is 4.57. The first kappa shape index (κ1) is 16.0. The van der Waals surface area contributed by atoms with Crippen molar-refractivity contribution >= 4 is 17.5 Å². The largest absolute Gasteiger partial charge is 0.376 e. The number of carbonyl (C=O) groups is 2. The van der Waals surface area contributed by atoms with E-state index in [1.54, 1.807) is 17.0 Å². The van der Waals surface area contributed by atoms with Crippen LogP contribution >= 0.6 is 0 Å². The van der Waals surface area contributed by atoms with Crippen LogP contribution in [0.25, 0.3) is 0 Å². The molecule has 1 rings (SSSR count). The second-order valence-electron chi connectivity index (χ2n) is 4.37. The Morgan fingerprint density at radius 1 is 1.15 bits per heavy atom. The van der Waals surface area contributed by atoms with Gasteiger partial charge in [0.2, 0.25) is 5.91 Å². The molecule has 0 saturated heterocycles. The van der Waals surface area contributed by atoms with Crippen molar-refractivity contribution in [3.8, 4) is 0 Å². The third-order valence-electron chi connectivity index (χ3n) is 2.99. The predicted molar refractivity (Wildman–Crippen MR) is 80.9 cm³/mol. The lowest BCUT2D eigenvalue weighted by Gasteiger charge is -2.19. The molecule has 0 spiro atoms. The summed E-state index contributed by atoms with van der Waals surface area (Å²) < 4.78 is 0. The van der Waals surface area contributed by atoms with Crippen LogP contribution in [0.3, 0.4) is 0 Å². The minimum Gasteiger partial charge on any atom is -0.376 e. The molecule has 20 heavy (non-hydrogen) atoms. The van der Waals surface area contributed by atoms with Crippen LogP contribution in [0, 0.1) is 0 Å². The average Bonchev–Trinajstić information content (AvgIpc) is 2.47. The van der Waals surface area contributed by atoms with Crippen molar-refractivity contribution in [2.24, 2.45) is 0 Å². The first-order chi connectivity index (χ1) is 9.62. The van der Waals surface area contributed by atoms with Crippen LogP contribution < -0.4 is 10.6 Å². The molecule has 0 saturated carbocycles. The summed E-state index contributed by atoms with van der Waals surface area (Å²) in [5.41, 5.74) is 1.41. The third-order valence-corrected chi connectivity index (χ3v) is 2.99. The molecular formula is C15H23N3O2. The summed E-state index contributed by atoms with van der Waals surface area (Å²) in [5.74, 6) is -0.0513. The second kappa shape index (κ2) is 8.19. The highest BCUT2D eigenvalue weighted by molar-refractivity contribution is 5.95. The van der Waals surface area contributed by atoms with Gasteiger partial charge in [0.1, 0.15) is 0 Å². The number of nitrogens with one attached hydrogen (secondary N) is 2. The minimum atomic E-state index is -0.0621. The smallest absolute Gasteiger partial charge is 0.253 e. The maximum Gasteiger partial charge on any atom is 0.253 e. The normalized spacial score (nSPS) is 9.95. The Bertz CT molecular complexity index is 456. The molecule has 0 bridgehead atoms. The Labute approximate surface area is 120 Å². The van der Waals surface area contributed by atoms with Crippen molar-refractivity contribution in [3.63, 3.8) is 0 Å². The number of rotatable bonds is 7. The average molecular weight is 277 g/mol. The highest BCUT2D eigenvalue weighted by Crippen LogP contribution is 2.12. The van der Waals surface area contributed by atoms with Crippen LogP contribution in [-0.4, -0.2) is 42.9 Å². The number of likely N-dealkylation sites (N-methyl/N-ethyl adjacent to an activating group) is 1. The van der Waals surface area contributed by atoms with Crippen LogP contribution in [0.2, 0.25) is 0 Å². The topological polar surface area (TPSA) is 61.4 Å². The minimum absolute atomic E-state index is 0.0108. The molecule has 5 nitrogen and oxygen atoms in total. The molecule has 0 heterocycles. The Morgan fingerprint density at radius 3 is 2.45 bits per heavy atom. The lowest BCUT2D eigenvalue weighted by Crippen LogP contribution is -2.31. The summed E-state index contributed by atoms with van der Waals surface area (Å²) >= 11 is 0. The molecule has 0 aromatic heterocycles. The van der Waals surface area contributed by atoms with Gasteiger partial charge in [-0.1, -0.05) is 6.07 Å². The first-order valence-corrected chi connectivity index (χ1v) is 7.02. The van der Waals surface area contributed by atoms with Gasteiger partial charge in [0.15, 0.2) is 0 Å². The van der Waals surface area contributed by atoms with Crippen molar-refractivity contribution in [1.29, 1.82) is 0 Å². The van der Waals surface area contributed by atoms with E-state index in [1.165, 1.54) is 0 Å². The summed E-state index contributed by atoms with van der Waals surface area (Å²) in [6.07, 6.45) is 0. The summed E-state index contributed by atoms with van der Waals surface area (Å²) in [6, 6.07) is 7.23. The van der Waals surface area contributed by atoms with Gasteiger partial charge in [-0.05, 0) is 39.0 Å². The summed E-state index contributed by atoms with van der Waals surface area (Å²) in [7, 11) is 0. The predicted octanol–water partition coefficient (Wildman–Crippen LogP) is 1.72. The van der Waals surface area contributed by atoms with E-state index in [2.05, 4.69) is 10.6 Å². The van der Waals surface area contributed by atoms with E-state index in [1.807, 2.05) is 32.9 Å². The molecule has 0 fully saturated rings. The van der Waals surface area contributed by atoms with E-state index >= 15 is 0 Å². The van der Waals surface area contributed by atoms with Crippen molar-refractivity contribution in [2.75, 3.05) is 31.5 Å². The van der Waals surface area contributed by atoms with Gasteiger partial charge in [-0.3, -0.25) is 9.59 Å². The van der Waals surface area contributed by atoms with E-state index in [4.69, 9.17) is 0 Å². The molecule has 2 N–H and O–H groups in total. The lowest BCUT2D eigenvalue weighted by atomic mass is 10.1. The number of carbonyl (C=O) groups excluding carboxylic acids is 2. The maximum atomic E-state index is 12.2. The molecule has 0 atom stereocenters. The zero-order valence-corrected chi connectivity index (χ0v) is 12.4. The summed E-state index contributed by atoms with van der Waals surface area (Å²) in [6.45, 7) is 7.98. The van der Waals surface area contributed by atoms with Gasteiger partial charge in [-0.2, -0.15) is 0 Å². The molecule has 0 aliphatic heterocycles. The zero-order valence-electron chi connectivity index (χ0n) is 12.4. The Kier molecular flexibility index (Phi) is 6.56. The highest BCUT2D eigenvalue weighted by Gasteiger charge is 2.12. The molecule has 0 radical (unpaired) electrons. The van der Waals surface area contributed by atoms with Crippen LogP contribution in [0.4, 0.5) is 5.69 Å². The molecular weight excluding hydrogens is 254 g/mol. The van der Waals surface area contributed by atoms with Gasteiger partial charge < -0.3 is 15.5 Å². The number of nitrogens with zero attached hydrogens (tertiary/aromatic N) is 1. The van der Waals surface area contributed by atoms with Gasteiger partial charge in [-0.25, -0.2) is 0 Å². The van der Waals surface area contributed by atoms with Crippen molar-refractivity contribution in [1.82, 2.24) is 10.2 Å². The van der Waals surface area contributed by atoms with E-state index in [-0.39, 0.29) is 18.4 Å². The fourth-order valence-corrected chi connectivity index (χ4v) is 1.90. The van der Waals surface area contributed by atoms with Gasteiger partial charge in [0.05, 0.1) is 6.54 Å². The Morgan fingerprint density at radius 2 is 1.85 bits per heavy atom. The number of hydrogen-bond acceptors (Lipinski definition) is 3. The Hall–Kier alpha value is -2.04. The van der Waals surface area contributed by atoms with Crippen LogP contribution in [0.1, 0.15) is 31.1 Å². The van der Waals surface area contributed by atoms with E-state index in [0.29, 0.717) is 25.2 Å². The van der Waals surface area contributed by atoms with Gasteiger partial charge in [0, 0.05) is 30.9 Å². The van der Waals surface area contributed by atoms with Crippen molar-refractivity contribution in [3.05, 3.63) is 29.8 Å². The van der Waals surface area contributed by atoms with Gasteiger partial charge in [-0.15, -0.1) is 0 Å².